The first-order valence-corrected chi connectivity index (χ1v) is 4.93. The van der Waals surface area contributed by atoms with Crippen molar-refractivity contribution in [3.63, 3.8) is 0 Å². The van der Waals surface area contributed by atoms with Crippen LogP contribution >= 0.6 is 0 Å². The molecule has 17 heavy (non-hydrogen) atoms. The molecule has 0 aliphatic heterocycles. The number of ether oxygens (including phenoxy) is 1. The average Bonchev–Trinajstić information content (AvgIpc) is 2.34. The number of nitrogens with one attached hydrogen (secondary N) is 1. The lowest BCUT2D eigenvalue weighted by Crippen LogP contribution is -2.29. The van der Waals surface area contributed by atoms with E-state index in [4.69, 9.17) is 11.2 Å². The first kappa shape index (κ1) is 12.7. The normalized spacial score (nSPS) is 9.18. The maximum absolute atomic E-state index is 11.2. The van der Waals surface area contributed by atoms with E-state index in [9.17, 15) is 9.59 Å². The Morgan fingerprint density at radius 2 is 2.41 bits per heavy atom. The van der Waals surface area contributed by atoms with Gasteiger partial charge in [0.2, 0.25) is 0 Å². The highest BCUT2D eigenvalue weighted by Crippen LogP contribution is 2.14. The Labute approximate surface area is 99.2 Å². The summed E-state index contributed by atoms with van der Waals surface area (Å²) in [7, 11) is 0. The molecule has 1 aromatic rings. The monoisotopic (exact) mass is 232 g/mol. The number of aryl methyl sites for hydroxylation is 1. The molecular formula is C12H12N2O3. The largest absolute Gasteiger partial charge is 0.481 e. The smallest absolute Gasteiger partial charge is 0.258 e. The molecule has 0 aromatic carbocycles. The van der Waals surface area contributed by atoms with Gasteiger partial charge in [0, 0.05) is 5.69 Å². The molecule has 5 nitrogen and oxygen atoms in total. The number of rotatable bonds is 5. The van der Waals surface area contributed by atoms with Crippen LogP contribution in [0.2, 0.25) is 0 Å². The van der Waals surface area contributed by atoms with Crippen molar-refractivity contribution in [2.75, 3.05) is 13.2 Å². The molecule has 0 aliphatic carbocycles. The van der Waals surface area contributed by atoms with Crippen molar-refractivity contribution in [3.05, 3.63) is 23.5 Å². The van der Waals surface area contributed by atoms with Crippen LogP contribution in [0.15, 0.2) is 12.1 Å². The van der Waals surface area contributed by atoms with Gasteiger partial charge in [0.25, 0.3) is 5.91 Å². The maximum atomic E-state index is 11.2. The Morgan fingerprint density at radius 3 is 3.06 bits per heavy atom. The molecule has 1 amide bonds. The lowest BCUT2D eigenvalue weighted by molar-refractivity contribution is -0.122. The third-order valence-electron chi connectivity index (χ3n) is 1.88. The minimum absolute atomic E-state index is 0.148. The first-order chi connectivity index (χ1) is 8.17. The Balaban J connectivity index is 2.60. The van der Waals surface area contributed by atoms with Crippen LogP contribution in [-0.4, -0.2) is 30.3 Å². The van der Waals surface area contributed by atoms with Gasteiger partial charge in [0.15, 0.2) is 12.9 Å². The predicted octanol–water partition coefficient (Wildman–Crippen LogP) is 0.331. The molecule has 0 saturated heterocycles. The number of carbonyl (C=O) groups is 2. The van der Waals surface area contributed by atoms with Gasteiger partial charge in [-0.05, 0) is 19.1 Å². The fraction of sp³-hybridized carbons (Fsp3) is 0.250. The molecule has 5 heteroatoms. The molecule has 0 radical (unpaired) electrons. The number of amides is 1. The van der Waals surface area contributed by atoms with E-state index in [2.05, 4.69) is 16.2 Å². The molecule has 0 unspecified atom stereocenters. The predicted molar refractivity (Wildman–Crippen MR) is 61.7 cm³/mol. The van der Waals surface area contributed by atoms with Crippen molar-refractivity contribution in [3.8, 4) is 18.1 Å². The second-order valence-corrected chi connectivity index (χ2v) is 3.22. The molecular weight excluding hydrogens is 220 g/mol. The number of hydrogen-bond acceptors (Lipinski definition) is 4. The number of pyridine rings is 1. The van der Waals surface area contributed by atoms with Crippen molar-refractivity contribution < 1.29 is 14.3 Å². The van der Waals surface area contributed by atoms with E-state index in [0.717, 1.165) is 0 Å². The van der Waals surface area contributed by atoms with Crippen LogP contribution in [0.5, 0.6) is 5.75 Å². The van der Waals surface area contributed by atoms with Crippen molar-refractivity contribution in [2.24, 2.45) is 0 Å². The zero-order valence-corrected chi connectivity index (χ0v) is 9.40. The van der Waals surface area contributed by atoms with E-state index in [0.29, 0.717) is 12.0 Å². The van der Waals surface area contributed by atoms with Crippen LogP contribution in [0.25, 0.3) is 0 Å². The summed E-state index contributed by atoms with van der Waals surface area (Å²) < 4.78 is 5.17. The molecule has 1 N–H and O–H groups in total. The minimum Gasteiger partial charge on any atom is -0.481 e. The van der Waals surface area contributed by atoms with Crippen molar-refractivity contribution >= 4 is 12.2 Å². The van der Waals surface area contributed by atoms with Gasteiger partial charge < -0.3 is 10.1 Å². The molecule has 0 atom stereocenters. The summed E-state index contributed by atoms with van der Waals surface area (Å²) in [6.07, 6.45) is 5.57. The van der Waals surface area contributed by atoms with E-state index < -0.39 is 0 Å². The molecule has 1 aromatic heterocycles. The van der Waals surface area contributed by atoms with Crippen molar-refractivity contribution in [1.29, 1.82) is 0 Å². The topological polar surface area (TPSA) is 68.3 Å². The minimum atomic E-state index is -0.347. The molecule has 0 saturated carbocycles. The fourth-order valence-corrected chi connectivity index (χ4v) is 1.11. The number of carbonyl (C=O) groups excluding carboxylic acids is 2. The van der Waals surface area contributed by atoms with Crippen LogP contribution in [0, 0.1) is 19.3 Å². The Morgan fingerprint density at radius 1 is 1.65 bits per heavy atom. The van der Waals surface area contributed by atoms with Crippen LogP contribution in [-0.2, 0) is 4.79 Å². The maximum Gasteiger partial charge on any atom is 0.258 e. The third-order valence-corrected chi connectivity index (χ3v) is 1.88. The van der Waals surface area contributed by atoms with Crippen LogP contribution in [0.4, 0.5) is 0 Å². The summed E-state index contributed by atoms with van der Waals surface area (Å²) >= 11 is 0. The Hall–Kier alpha value is -2.35. The number of hydrogen-bond donors (Lipinski definition) is 1. The summed E-state index contributed by atoms with van der Waals surface area (Å²) in [5.41, 5.74) is 0.881. The highest BCUT2D eigenvalue weighted by molar-refractivity contribution is 5.79. The van der Waals surface area contributed by atoms with E-state index in [1.807, 2.05) is 0 Å². The average molecular weight is 232 g/mol. The van der Waals surface area contributed by atoms with Gasteiger partial charge in [-0.1, -0.05) is 5.92 Å². The second kappa shape index (κ2) is 6.28. The highest BCUT2D eigenvalue weighted by atomic mass is 16.5. The molecule has 0 aliphatic rings. The molecule has 0 fully saturated rings. The highest BCUT2D eigenvalue weighted by Gasteiger charge is 2.07. The van der Waals surface area contributed by atoms with Gasteiger partial charge in [0.1, 0.15) is 11.4 Å². The molecule has 88 valence electrons. The standard InChI is InChI=1S/C12H12N2O3/c1-3-6-13-12(16)8-17-11-5-4-9(2)14-10(11)7-15/h1,4-5,7H,6,8H2,2H3,(H,13,16). The summed E-state index contributed by atoms with van der Waals surface area (Å²) in [6.45, 7) is 1.71. The fourth-order valence-electron chi connectivity index (χ4n) is 1.11. The quantitative estimate of drug-likeness (QED) is 0.587. The molecule has 1 heterocycles. The van der Waals surface area contributed by atoms with Crippen LogP contribution < -0.4 is 10.1 Å². The first-order valence-electron chi connectivity index (χ1n) is 4.93. The van der Waals surface area contributed by atoms with E-state index in [1.165, 1.54) is 0 Å². The van der Waals surface area contributed by atoms with Gasteiger partial charge in [-0.3, -0.25) is 9.59 Å². The van der Waals surface area contributed by atoms with E-state index >= 15 is 0 Å². The number of aldehydes is 1. The number of terminal acetylenes is 1. The van der Waals surface area contributed by atoms with Crippen molar-refractivity contribution in [1.82, 2.24) is 10.3 Å². The number of aromatic nitrogens is 1. The summed E-state index contributed by atoms with van der Waals surface area (Å²) in [5.74, 6) is 2.20. The molecule has 1 rings (SSSR count). The van der Waals surface area contributed by atoms with Crippen LogP contribution in [0.1, 0.15) is 16.2 Å². The van der Waals surface area contributed by atoms with Gasteiger partial charge in [-0.25, -0.2) is 4.98 Å². The third kappa shape index (κ3) is 3.95. The van der Waals surface area contributed by atoms with Gasteiger partial charge in [0.05, 0.1) is 6.54 Å². The number of nitrogens with zero attached hydrogens (tertiary/aromatic N) is 1. The zero-order chi connectivity index (χ0) is 12.7. The van der Waals surface area contributed by atoms with Gasteiger partial charge in [-0.15, -0.1) is 6.42 Å². The SMILES string of the molecule is C#CCNC(=O)COc1ccc(C)nc1C=O. The summed E-state index contributed by atoms with van der Waals surface area (Å²) in [6, 6.07) is 3.29. The molecule has 0 bridgehead atoms. The van der Waals surface area contributed by atoms with Gasteiger partial charge in [-0.2, -0.15) is 0 Å². The van der Waals surface area contributed by atoms with Gasteiger partial charge >= 0.3 is 0 Å². The zero-order valence-electron chi connectivity index (χ0n) is 9.40. The molecule has 0 spiro atoms. The van der Waals surface area contributed by atoms with Crippen LogP contribution in [0.3, 0.4) is 0 Å². The van der Waals surface area contributed by atoms with E-state index in [-0.39, 0.29) is 30.5 Å². The lowest BCUT2D eigenvalue weighted by Gasteiger charge is -2.07. The summed E-state index contributed by atoms with van der Waals surface area (Å²) in [5, 5.41) is 2.44. The second-order valence-electron chi connectivity index (χ2n) is 3.22. The van der Waals surface area contributed by atoms with Crippen molar-refractivity contribution in [2.45, 2.75) is 6.92 Å². The lowest BCUT2D eigenvalue weighted by atomic mass is 10.3. The summed E-state index contributed by atoms with van der Waals surface area (Å²) in [4.78, 5) is 25.9. The van der Waals surface area contributed by atoms with E-state index in [1.54, 1.807) is 19.1 Å². The Kier molecular flexibility index (Phi) is 4.70. The Bertz CT molecular complexity index is 463.